The van der Waals surface area contributed by atoms with E-state index in [0.717, 1.165) is 7.05 Å². The predicted octanol–water partition coefficient (Wildman–Crippen LogP) is -0.967. The molecule has 0 aromatic carbocycles. The van der Waals surface area contributed by atoms with Gasteiger partial charge in [-0.05, 0) is 0 Å². The Labute approximate surface area is 40.3 Å². The standard InChI is InChI=1S/C3H5NO3/c1-4(7)3(6)2-5/h2,7H,1H3. The van der Waals surface area contributed by atoms with Crippen LogP contribution in [-0.2, 0) is 9.59 Å². The molecule has 0 aromatic heterocycles. The monoisotopic (exact) mass is 103 g/mol. The highest BCUT2D eigenvalue weighted by atomic mass is 16.5. The van der Waals surface area contributed by atoms with E-state index in [2.05, 4.69) is 0 Å². The van der Waals surface area contributed by atoms with Crippen molar-refractivity contribution in [3.05, 3.63) is 0 Å². The Kier molecular flexibility index (Phi) is 2.01. The second-order valence-corrected chi connectivity index (χ2v) is 0.980. The van der Waals surface area contributed by atoms with Crippen LogP contribution < -0.4 is 0 Å². The van der Waals surface area contributed by atoms with Crippen molar-refractivity contribution in [2.24, 2.45) is 0 Å². The van der Waals surface area contributed by atoms with Crippen LogP contribution in [0.5, 0.6) is 0 Å². The van der Waals surface area contributed by atoms with Gasteiger partial charge < -0.3 is 0 Å². The van der Waals surface area contributed by atoms with Crippen LogP contribution >= 0.6 is 0 Å². The highest BCUT2D eigenvalue weighted by Gasteiger charge is 1.98. The lowest BCUT2D eigenvalue weighted by atomic mass is 10.7. The topological polar surface area (TPSA) is 57.6 Å². The zero-order valence-corrected chi connectivity index (χ0v) is 3.79. The smallest absolute Gasteiger partial charge is 0.292 e. The number of hydroxylamine groups is 2. The largest absolute Gasteiger partial charge is 0.309 e. The second kappa shape index (κ2) is 2.30. The van der Waals surface area contributed by atoms with E-state index in [4.69, 9.17) is 5.21 Å². The van der Waals surface area contributed by atoms with Crippen LogP contribution in [0.25, 0.3) is 0 Å². The average molecular weight is 103 g/mol. The van der Waals surface area contributed by atoms with E-state index in [1.165, 1.54) is 0 Å². The minimum absolute atomic E-state index is 0.0278. The summed E-state index contributed by atoms with van der Waals surface area (Å²) in [5, 5.41) is 8.29. The fourth-order valence-corrected chi connectivity index (χ4v) is 0.0763. The fraction of sp³-hybridized carbons (Fsp3) is 0.333. The summed E-state index contributed by atoms with van der Waals surface area (Å²) in [6.45, 7) is 0. The van der Waals surface area contributed by atoms with Crippen LogP contribution in [0.15, 0.2) is 0 Å². The maximum atomic E-state index is 9.82. The molecule has 0 aliphatic rings. The minimum atomic E-state index is -0.944. The zero-order valence-electron chi connectivity index (χ0n) is 3.79. The fourth-order valence-electron chi connectivity index (χ4n) is 0.0763. The Hall–Kier alpha value is -0.900. The molecule has 0 unspecified atom stereocenters. The molecule has 1 amide bonds. The van der Waals surface area contributed by atoms with Crippen LogP contribution in [0.1, 0.15) is 0 Å². The number of hydrogen-bond donors (Lipinski definition) is 1. The van der Waals surface area contributed by atoms with E-state index >= 15 is 0 Å². The summed E-state index contributed by atoms with van der Waals surface area (Å²) in [7, 11) is 1.08. The van der Waals surface area contributed by atoms with E-state index in [0.29, 0.717) is 0 Å². The maximum absolute atomic E-state index is 9.82. The van der Waals surface area contributed by atoms with Gasteiger partial charge in [-0.15, -0.1) is 0 Å². The number of nitrogens with zero attached hydrogens (tertiary/aromatic N) is 1. The number of likely N-dealkylation sites (N-methyl/N-ethyl adjacent to an activating group) is 1. The van der Waals surface area contributed by atoms with Crippen molar-refractivity contribution in [3.63, 3.8) is 0 Å². The highest BCUT2D eigenvalue weighted by molar-refractivity contribution is 6.22. The molecule has 0 saturated heterocycles. The van der Waals surface area contributed by atoms with Crippen molar-refractivity contribution in [1.29, 1.82) is 0 Å². The molecule has 0 spiro atoms. The van der Waals surface area contributed by atoms with E-state index < -0.39 is 5.91 Å². The number of hydrogen-bond acceptors (Lipinski definition) is 3. The number of carbonyl (C=O) groups is 2. The summed E-state index contributed by atoms with van der Waals surface area (Å²) in [6.07, 6.45) is 0.0278. The van der Waals surface area contributed by atoms with Crippen LogP contribution in [-0.4, -0.2) is 29.5 Å². The third-order valence-electron chi connectivity index (χ3n) is 0.420. The number of carbonyl (C=O) groups excluding carboxylic acids is 2. The Morgan fingerprint density at radius 2 is 2.29 bits per heavy atom. The normalized spacial score (nSPS) is 7.71. The van der Waals surface area contributed by atoms with Gasteiger partial charge in [0.15, 0.2) is 0 Å². The van der Waals surface area contributed by atoms with Crippen LogP contribution in [0.3, 0.4) is 0 Å². The highest BCUT2D eigenvalue weighted by Crippen LogP contribution is 1.67. The molecule has 7 heavy (non-hydrogen) atoms. The molecule has 0 bridgehead atoms. The Bertz CT molecular complexity index is 88.2. The van der Waals surface area contributed by atoms with Crippen molar-refractivity contribution < 1.29 is 14.8 Å². The van der Waals surface area contributed by atoms with Crippen LogP contribution in [0, 0.1) is 0 Å². The van der Waals surface area contributed by atoms with Gasteiger partial charge in [-0.25, -0.2) is 5.06 Å². The SMILES string of the molecule is CN(O)C(=O)C=O. The van der Waals surface area contributed by atoms with E-state index in [9.17, 15) is 9.59 Å². The van der Waals surface area contributed by atoms with Gasteiger partial charge in [0.25, 0.3) is 0 Å². The molecule has 0 heterocycles. The van der Waals surface area contributed by atoms with Gasteiger partial charge in [0.2, 0.25) is 6.29 Å². The molecule has 4 nitrogen and oxygen atoms in total. The third-order valence-corrected chi connectivity index (χ3v) is 0.420. The molecule has 4 heteroatoms. The molecule has 0 rings (SSSR count). The first-order valence-electron chi connectivity index (χ1n) is 1.60. The summed E-state index contributed by atoms with van der Waals surface area (Å²) in [5.74, 6) is -0.944. The van der Waals surface area contributed by atoms with Crippen LogP contribution in [0.2, 0.25) is 0 Å². The Balaban J connectivity index is 3.56. The van der Waals surface area contributed by atoms with Crippen LogP contribution in [0.4, 0.5) is 0 Å². The molecule has 0 radical (unpaired) electrons. The lowest BCUT2D eigenvalue weighted by molar-refractivity contribution is -0.161. The first kappa shape index (κ1) is 6.10. The molecular formula is C3H5NO3. The first-order chi connectivity index (χ1) is 3.18. The van der Waals surface area contributed by atoms with Crippen molar-refractivity contribution in [1.82, 2.24) is 5.06 Å². The molecule has 0 aliphatic heterocycles. The summed E-state index contributed by atoms with van der Waals surface area (Å²) in [6, 6.07) is 0. The summed E-state index contributed by atoms with van der Waals surface area (Å²) >= 11 is 0. The Morgan fingerprint density at radius 1 is 1.86 bits per heavy atom. The summed E-state index contributed by atoms with van der Waals surface area (Å²) in [5.41, 5.74) is 0. The van der Waals surface area contributed by atoms with Gasteiger partial charge in [-0.3, -0.25) is 14.8 Å². The van der Waals surface area contributed by atoms with Crippen molar-refractivity contribution in [2.75, 3.05) is 7.05 Å². The van der Waals surface area contributed by atoms with Gasteiger partial charge in [0, 0.05) is 7.05 Å². The van der Waals surface area contributed by atoms with Crippen molar-refractivity contribution >= 4 is 12.2 Å². The molecule has 0 atom stereocenters. The molecular weight excluding hydrogens is 98.0 g/mol. The minimum Gasteiger partial charge on any atom is -0.292 e. The average Bonchev–Trinajstić information content (AvgIpc) is 1.65. The number of amides is 1. The number of rotatable bonds is 1. The number of aldehydes is 1. The first-order valence-corrected chi connectivity index (χ1v) is 1.60. The Morgan fingerprint density at radius 3 is 2.29 bits per heavy atom. The van der Waals surface area contributed by atoms with E-state index in [1.807, 2.05) is 0 Å². The molecule has 0 aromatic rings. The van der Waals surface area contributed by atoms with Gasteiger partial charge in [0.1, 0.15) is 0 Å². The second-order valence-electron chi connectivity index (χ2n) is 0.980. The molecule has 0 fully saturated rings. The molecule has 0 aliphatic carbocycles. The molecule has 1 N–H and O–H groups in total. The zero-order chi connectivity index (χ0) is 5.86. The molecule has 0 saturated carbocycles. The van der Waals surface area contributed by atoms with Gasteiger partial charge in [-0.2, -0.15) is 0 Å². The summed E-state index contributed by atoms with van der Waals surface area (Å²) < 4.78 is 0. The lowest BCUT2D eigenvalue weighted by Crippen LogP contribution is -2.22. The molecule has 40 valence electrons. The van der Waals surface area contributed by atoms with Crippen molar-refractivity contribution in [3.8, 4) is 0 Å². The van der Waals surface area contributed by atoms with Crippen molar-refractivity contribution in [2.45, 2.75) is 0 Å². The van der Waals surface area contributed by atoms with E-state index in [-0.39, 0.29) is 11.3 Å². The summed E-state index contributed by atoms with van der Waals surface area (Å²) in [4.78, 5) is 19.2. The maximum Gasteiger partial charge on any atom is 0.309 e. The van der Waals surface area contributed by atoms with Gasteiger partial charge in [0.05, 0.1) is 0 Å². The van der Waals surface area contributed by atoms with Gasteiger partial charge >= 0.3 is 5.91 Å². The predicted molar refractivity (Wildman–Crippen MR) is 20.6 cm³/mol. The van der Waals surface area contributed by atoms with E-state index in [1.54, 1.807) is 0 Å². The quantitative estimate of drug-likeness (QED) is 0.201. The van der Waals surface area contributed by atoms with Gasteiger partial charge in [-0.1, -0.05) is 0 Å². The third kappa shape index (κ3) is 1.88. The lowest BCUT2D eigenvalue weighted by Gasteiger charge is -1.98.